The molecule has 0 bridgehead atoms. The maximum Gasteiger partial charge on any atom is 0.144 e. The lowest BCUT2D eigenvalue weighted by Crippen LogP contribution is -2.04. The molecule has 2 aromatic carbocycles. The lowest BCUT2D eigenvalue weighted by molar-refractivity contribution is 0.342. The number of nitrogen functional groups attached to an aromatic ring is 1. The van der Waals surface area contributed by atoms with E-state index in [1.54, 1.807) is 11.3 Å². The number of aromatic nitrogens is 2. The summed E-state index contributed by atoms with van der Waals surface area (Å²) in [5.74, 6) is 0.603. The average Bonchev–Trinajstić information content (AvgIpc) is 3.16. The highest BCUT2D eigenvalue weighted by Crippen LogP contribution is 2.36. The molecular formula is C21H19N5OS. The molecule has 0 amide bonds. The van der Waals surface area contributed by atoms with Crippen molar-refractivity contribution >= 4 is 49.5 Å². The van der Waals surface area contributed by atoms with Gasteiger partial charge in [0.05, 0.1) is 50.5 Å². The Bertz CT molecular complexity index is 1230. The van der Waals surface area contributed by atoms with E-state index in [4.69, 9.17) is 10.5 Å². The Morgan fingerprint density at radius 1 is 1.21 bits per heavy atom. The fraction of sp³-hybridized carbons (Fsp3) is 0.190. The number of aryl methyl sites for hydroxylation is 1. The minimum atomic E-state index is 0.519. The van der Waals surface area contributed by atoms with Gasteiger partial charge in [-0.15, -0.1) is 11.3 Å². The lowest BCUT2D eigenvalue weighted by atomic mass is 10.0. The fourth-order valence-electron chi connectivity index (χ4n) is 3.22. The van der Waals surface area contributed by atoms with Crippen LogP contribution in [0.3, 0.4) is 0 Å². The van der Waals surface area contributed by atoms with Crippen molar-refractivity contribution in [3.8, 4) is 11.8 Å². The van der Waals surface area contributed by atoms with E-state index in [0.717, 1.165) is 32.5 Å². The normalized spacial score (nSPS) is 10.9. The third-order valence-corrected chi connectivity index (χ3v) is 5.33. The van der Waals surface area contributed by atoms with Gasteiger partial charge in [0.2, 0.25) is 0 Å². The molecule has 0 radical (unpaired) electrons. The molecule has 3 N–H and O–H groups in total. The minimum Gasteiger partial charge on any atom is -0.492 e. The van der Waals surface area contributed by atoms with Gasteiger partial charge in [0.25, 0.3) is 0 Å². The number of ether oxygens (including phenoxy) is 1. The predicted octanol–water partition coefficient (Wildman–Crippen LogP) is 5.00. The van der Waals surface area contributed by atoms with Crippen molar-refractivity contribution in [1.29, 1.82) is 5.26 Å². The molecule has 7 heteroatoms. The van der Waals surface area contributed by atoms with E-state index < -0.39 is 0 Å². The van der Waals surface area contributed by atoms with Gasteiger partial charge in [0.15, 0.2) is 0 Å². The Balaban J connectivity index is 1.93. The standard InChI is InChI=1S/C21H19N5OS/c1-3-16-14(10-22)21(25-12-5-6-17-20(7-12)28-11-24-17)13-8-15(23)19(27-4-2)9-18(13)26-16/h5-9,11H,3-4,23H2,1-2H3,(H,25,26). The molecule has 0 aliphatic heterocycles. The van der Waals surface area contributed by atoms with Crippen molar-refractivity contribution in [3.63, 3.8) is 0 Å². The van der Waals surface area contributed by atoms with Crippen LogP contribution in [-0.2, 0) is 6.42 Å². The van der Waals surface area contributed by atoms with Crippen molar-refractivity contribution in [2.24, 2.45) is 0 Å². The van der Waals surface area contributed by atoms with Gasteiger partial charge in [0.1, 0.15) is 11.8 Å². The molecule has 0 atom stereocenters. The molecule has 140 valence electrons. The second-order valence-electron chi connectivity index (χ2n) is 6.27. The number of nitrogens with zero attached hydrogens (tertiary/aromatic N) is 3. The van der Waals surface area contributed by atoms with Crippen LogP contribution in [0.15, 0.2) is 35.8 Å². The smallest absolute Gasteiger partial charge is 0.144 e. The quantitative estimate of drug-likeness (QED) is 0.466. The first-order chi connectivity index (χ1) is 13.6. The van der Waals surface area contributed by atoms with Crippen LogP contribution >= 0.6 is 11.3 Å². The van der Waals surface area contributed by atoms with Crippen LogP contribution in [0.5, 0.6) is 5.75 Å². The summed E-state index contributed by atoms with van der Waals surface area (Å²) < 4.78 is 6.70. The van der Waals surface area contributed by atoms with Crippen LogP contribution in [0.4, 0.5) is 17.1 Å². The first kappa shape index (κ1) is 18.0. The van der Waals surface area contributed by atoms with E-state index in [1.165, 1.54) is 0 Å². The van der Waals surface area contributed by atoms with Crippen LogP contribution in [0.1, 0.15) is 25.1 Å². The van der Waals surface area contributed by atoms with Crippen LogP contribution in [0, 0.1) is 11.3 Å². The van der Waals surface area contributed by atoms with E-state index >= 15 is 0 Å². The van der Waals surface area contributed by atoms with Gasteiger partial charge in [0, 0.05) is 17.1 Å². The van der Waals surface area contributed by atoms with E-state index in [1.807, 2.05) is 49.7 Å². The number of hydrogen-bond donors (Lipinski definition) is 2. The minimum absolute atomic E-state index is 0.519. The largest absolute Gasteiger partial charge is 0.492 e. The SMILES string of the molecule is CCOc1cc2nc(CC)c(C#N)c(Nc3ccc4ncsc4c3)c2cc1N. The van der Waals surface area contributed by atoms with Crippen molar-refractivity contribution in [2.45, 2.75) is 20.3 Å². The molecule has 0 saturated heterocycles. The highest BCUT2D eigenvalue weighted by Gasteiger charge is 2.17. The van der Waals surface area contributed by atoms with Crippen molar-refractivity contribution in [3.05, 3.63) is 47.1 Å². The molecule has 4 aromatic rings. The second-order valence-corrected chi connectivity index (χ2v) is 7.16. The van der Waals surface area contributed by atoms with E-state index in [-0.39, 0.29) is 0 Å². The number of pyridine rings is 1. The predicted molar refractivity (Wildman–Crippen MR) is 114 cm³/mol. The molecule has 6 nitrogen and oxygen atoms in total. The number of benzene rings is 2. The molecule has 0 saturated carbocycles. The summed E-state index contributed by atoms with van der Waals surface area (Å²) in [6, 6.07) is 11.9. The molecule has 4 rings (SSSR count). The summed E-state index contributed by atoms with van der Waals surface area (Å²) in [6.45, 7) is 4.42. The van der Waals surface area contributed by atoms with Crippen molar-refractivity contribution in [2.75, 3.05) is 17.7 Å². The molecule has 2 heterocycles. The zero-order chi connectivity index (χ0) is 19.7. The third kappa shape index (κ3) is 3.08. The molecule has 0 spiro atoms. The highest BCUT2D eigenvalue weighted by atomic mass is 32.1. The number of nitrogens with one attached hydrogen (secondary N) is 1. The summed E-state index contributed by atoms with van der Waals surface area (Å²) in [7, 11) is 0. The first-order valence-electron chi connectivity index (χ1n) is 9.03. The Morgan fingerprint density at radius 2 is 2.07 bits per heavy atom. The first-order valence-corrected chi connectivity index (χ1v) is 9.91. The number of nitriles is 1. The van der Waals surface area contributed by atoms with Gasteiger partial charge in [-0.1, -0.05) is 6.92 Å². The summed E-state index contributed by atoms with van der Waals surface area (Å²) in [4.78, 5) is 9.00. The monoisotopic (exact) mass is 389 g/mol. The van der Waals surface area contributed by atoms with Gasteiger partial charge in [-0.25, -0.2) is 4.98 Å². The van der Waals surface area contributed by atoms with Crippen LogP contribution in [0.2, 0.25) is 0 Å². The van der Waals surface area contributed by atoms with Crippen LogP contribution < -0.4 is 15.8 Å². The number of thiazole rings is 1. The molecule has 28 heavy (non-hydrogen) atoms. The Labute approximate surface area is 166 Å². The number of hydrogen-bond acceptors (Lipinski definition) is 7. The summed E-state index contributed by atoms with van der Waals surface area (Å²) in [5, 5.41) is 14.0. The number of rotatable bonds is 5. The summed E-state index contributed by atoms with van der Waals surface area (Å²) in [6.07, 6.45) is 0.649. The Hall–Kier alpha value is -3.37. The van der Waals surface area contributed by atoms with Crippen LogP contribution in [-0.4, -0.2) is 16.6 Å². The van der Waals surface area contributed by atoms with Gasteiger partial charge in [-0.05, 0) is 37.6 Å². The number of anilines is 3. The number of fused-ring (bicyclic) bond motifs is 2. The van der Waals surface area contributed by atoms with Crippen molar-refractivity contribution in [1.82, 2.24) is 9.97 Å². The lowest BCUT2D eigenvalue weighted by Gasteiger charge is -2.16. The number of nitrogens with two attached hydrogens (primary N) is 1. The molecule has 2 aromatic heterocycles. The maximum atomic E-state index is 9.82. The molecule has 0 aliphatic carbocycles. The van der Waals surface area contributed by atoms with E-state index in [2.05, 4.69) is 21.4 Å². The van der Waals surface area contributed by atoms with Crippen LogP contribution in [0.25, 0.3) is 21.1 Å². The Morgan fingerprint density at radius 3 is 2.82 bits per heavy atom. The Kier molecular flexibility index (Phi) is 4.72. The second kappa shape index (κ2) is 7.33. The van der Waals surface area contributed by atoms with Crippen molar-refractivity contribution < 1.29 is 4.74 Å². The molecule has 0 unspecified atom stereocenters. The van der Waals surface area contributed by atoms with E-state index in [0.29, 0.717) is 35.7 Å². The van der Waals surface area contributed by atoms with E-state index in [9.17, 15) is 5.26 Å². The average molecular weight is 389 g/mol. The molecular weight excluding hydrogens is 370 g/mol. The summed E-state index contributed by atoms with van der Waals surface area (Å²) in [5.41, 5.74) is 13.1. The van der Waals surface area contributed by atoms with Gasteiger partial charge >= 0.3 is 0 Å². The third-order valence-electron chi connectivity index (χ3n) is 4.54. The van der Waals surface area contributed by atoms with Gasteiger partial charge in [-0.3, -0.25) is 4.98 Å². The molecule has 0 aliphatic rings. The zero-order valence-corrected chi connectivity index (χ0v) is 16.4. The topological polar surface area (TPSA) is 96.8 Å². The van der Waals surface area contributed by atoms with Gasteiger partial charge < -0.3 is 15.8 Å². The zero-order valence-electron chi connectivity index (χ0n) is 15.6. The maximum absolute atomic E-state index is 9.82. The highest BCUT2D eigenvalue weighted by molar-refractivity contribution is 7.16. The van der Waals surface area contributed by atoms with Gasteiger partial charge in [-0.2, -0.15) is 5.26 Å². The molecule has 0 fully saturated rings. The summed E-state index contributed by atoms with van der Waals surface area (Å²) >= 11 is 1.58. The fourth-order valence-corrected chi connectivity index (χ4v) is 3.94.